The Labute approximate surface area is 116 Å². The van der Waals surface area contributed by atoms with E-state index < -0.39 is 0 Å². The van der Waals surface area contributed by atoms with Gasteiger partial charge in [0, 0.05) is 18.5 Å². The lowest BCUT2D eigenvalue weighted by atomic mass is 10.1. The molecule has 1 atom stereocenters. The van der Waals surface area contributed by atoms with Gasteiger partial charge < -0.3 is 10.1 Å². The smallest absolute Gasteiger partial charge is 0.145 e. The highest BCUT2D eigenvalue weighted by molar-refractivity contribution is 5.85. The second kappa shape index (κ2) is 5.69. The number of amidine groups is 1. The van der Waals surface area contributed by atoms with Crippen LogP contribution in [0.1, 0.15) is 11.6 Å². The number of nitrogens with zero attached hydrogens (tertiary/aromatic N) is 2. The Morgan fingerprint density at radius 1 is 1.30 bits per heavy atom. The lowest BCUT2D eigenvalue weighted by molar-refractivity contribution is 0.370. The van der Waals surface area contributed by atoms with Crippen LogP contribution in [-0.2, 0) is 0 Å². The lowest BCUT2D eigenvalue weighted by Crippen LogP contribution is -2.28. The third-order valence-electron chi connectivity index (χ3n) is 3.06. The summed E-state index contributed by atoms with van der Waals surface area (Å²) < 4.78 is 18.5. The summed E-state index contributed by atoms with van der Waals surface area (Å²) in [7, 11) is 0. The molecule has 1 aliphatic heterocycles. The maximum atomic E-state index is 13.0. The van der Waals surface area contributed by atoms with Crippen LogP contribution in [0.25, 0.3) is 0 Å². The van der Waals surface area contributed by atoms with E-state index >= 15 is 0 Å². The van der Waals surface area contributed by atoms with Crippen LogP contribution in [0.15, 0.2) is 53.8 Å². The number of rotatable bonds is 4. The maximum Gasteiger partial charge on any atom is 0.145 e. The summed E-state index contributed by atoms with van der Waals surface area (Å²) in [6.45, 7) is 0.966. The second-order valence-electron chi connectivity index (χ2n) is 4.52. The van der Waals surface area contributed by atoms with E-state index in [0.717, 1.165) is 11.4 Å². The third kappa shape index (κ3) is 2.93. The number of aromatic nitrogens is 1. The van der Waals surface area contributed by atoms with E-state index in [1.165, 1.54) is 12.1 Å². The van der Waals surface area contributed by atoms with Gasteiger partial charge in [0.2, 0.25) is 0 Å². The van der Waals surface area contributed by atoms with E-state index in [0.29, 0.717) is 18.9 Å². The number of nitrogens with one attached hydrogen (secondary N) is 1. The van der Waals surface area contributed by atoms with Gasteiger partial charge in [0.15, 0.2) is 0 Å². The van der Waals surface area contributed by atoms with Gasteiger partial charge in [-0.2, -0.15) is 0 Å². The van der Waals surface area contributed by atoms with Crippen LogP contribution >= 0.6 is 0 Å². The summed E-state index contributed by atoms with van der Waals surface area (Å²) in [5.41, 5.74) is 1.09. The van der Waals surface area contributed by atoms with E-state index in [9.17, 15) is 4.39 Å². The predicted octanol–water partition coefficient (Wildman–Crippen LogP) is 2.34. The first-order chi connectivity index (χ1) is 9.81. The standard InChI is InChI=1S/C15H14FN3O/c16-12-4-1-5-13(7-12)20-10-15-18-9-14(19-15)11-3-2-6-17-8-11/h1-8,14H,9-10H2,(H,18,19)/t14-/m1/s1. The fourth-order valence-electron chi connectivity index (χ4n) is 2.06. The molecule has 102 valence electrons. The van der Waals surface area contributed by atoms with Gasteiger partial charge in [-0.3, -0.25) is 9.98 Å². The van der Waals surface area contributed by atoms with Crippen LogP contribution in [0, 0.1) is 5.82 Å². The summed E-state index contributed by atoms with van der Waals surface area (Å²) in [6.07, 6.45) is 3.57. The van der Waals surface area contributed by atoms with Crippen molar-refractivity contribution in [3.63, 3.8) is 0 Å². The van der Waals surface area contributed by atoms with E-state index in [2.05, 4.69) is 15.3 Å². The lowest BCUT2D eigenvalue weighted by Gasteiger charge is -2.12. The fraction of sp³-hybridized carbons (Fsp3) is 0.200. The zero-order valence-corrected chi connectivity index (χ0v) is 10.8. The predicted molar refractivity (Wildman–Crippen MR) is 74.3 cm³/mol. The van der Waals surface area contributed by atoms with Gasteiger partial charge in [-0.25, -0.2) is 4.39 Å². The molecular weight excluding hydrogens is 257 g/mol. The third-order valence-corrected chi connectivity index (χ3v) is 3.06. The first kappa shape index (κ1) is 12.6. The quantitative estimate of drug-likeness (QED) is 0.928. The Morgan fingerprint density at radius 3 is 3.05 bits per heavy atom. The molecule has 0 amide bonds. The molecule has 1 aliphatic rings. The summed E-state index contributed by atoms with van der Waals surface area (Å²) in [5.74, 6) is 0.958. The largest absolute Gasteiger partial charge is 0.486 e. The van der Waals surface area contributed by atoms with Crippen molar-refractivity contribution in [3.8, 4) is 5.75 Å². The number of halogens is 1. The second-order valence-corrected chi connectivity index (χ2v) is 4.52. The normalized spacial score (nSPS) is 17.4. The Kier molecular flexibility index (Phi) is 3.58. The average molecular weight is 271 g/mol. The number of hydrogen-bond donors (Lipinski definition) is 1. The van der Waals surface area contributed by atoms with Crippen molar-refractivity contribution in [1.29, 1.82) is 0 Å². The molecule has 1 aromatic carbocycles. The number of ether oxygens (including phenoxy) is 1. The Morgan fingerprint density at radius 2 is 2.25 bits per heavy atom. The van der Waals surface area contributed by atoms with Gasteiger partial charge in [-0.15, -0.1) is 0 Å². The zero-order valence-electron chi connectivity index (χ0n) is 10.8. The fourth-order valence-corrected chi connectivity index (χ4v) is 2.06. The molecule has 5 heteroatoms. The van der Waals surface area contributed by atoms with E-state index in [4.69, 9.17) is 4.74 Å². The summed E-state index contributed by atoms with van der Waals surface area (Å²) >= 11 is 0. The van der Waals surface area contributed by atoms with Crippen molar-refractivity contribution in [1.82, 2.24) is 10.3 Å². The molecule has 3 rings (SSSR count). The molecule has 0 radical (unpaired) electrons. The van der Waals surface area contributed by atoms with Crippen LogP contribution in [0.5, 0.6) is 5.75 Å². The Bertz CT molecular complexity index is 616. The van der Waals surface area contributed by atoms with Crippen LogP contribution in [-0.4, -0.2) is 24.0 Å². The Balaban J connectivity index is 1.56. The molecule has 2 aromatic rings. The first-order valence-electron chi connectivity index (χ1n) is 6.39. The van der Waals surface area contributed by atoms with Gasteiger partial charge in [0.25, 0.3) is 0 Å². The number of benzene rings is 1. The van der Waals surface area contributed by atoms with Crippen LogP contribution in [0.3, 0.4) is 0 Å². The van der Waals surface area contributed by atoms with Crippen LogP contribution < -0.4 is 10.1 Å². The topological polar surface area (TPSA) is 46.5 Å². The molecule has 4 nitrogen and oxygen atoms in total. The van der Waals surface area contributed by atoms with Crippen molar-refractivity contribution in [2.24, 2.45) is 4.99 Å². The average Bonchev–Trinajstić information content (AvgIpc) is 2.95. The summed E-state index contributed by atoms with van der Waals surface area (Å²) in [6, 6.07) is 10.1. The highest BCUT2D eigenvalue weighted by atomic mass is 19.1. The van der Waals surface area contributed by atoms with Gasteiger partial charge in [-0.05, 0) is 23.8 Å². The highest BCUT2D eigenvalue weighted by Gasteiger charge is 2.19. The summed E-state index contributed by atoms with van der Waals surface area (Å²) in [4.78, 5) is 8.48. The van der Waals surface area contributed by atoms with Crippen molar-refractivity contribution in [2.45, 2.75) is 6.04 Å². The minimum Gasteiger partial charge on any atom is -0.486 e. The van der Waals surface area contributed by atoms with Gasteiger partial charge >= 0.3 is 0 Å². The van der Waals surface area contributed by atoms with E-state index in [-0.39, 0.29) is 11.9 Å². The monoisotopic (exact) mass is 271 g/mol. The van der Waals surface area contributed by atoms with Gasteiger partial charge in [0.05, 0.1) is 12.6 Å². The SMILES string of the molecule is Fc1cccc(OCC2=NC[C@H](c3cccnc3)N2)c1. The number of pyridine rings is 1. The summed E-state index contributed by atoms with van der Waals surface area (Å²) in [5, 5.41) is 3.28. The van der Waals surface area contributed by atoms with E-state index in [1.54, 1.807) is 18.3 Å². The molecule has 0 unspecified atom stereocenters. The number of aliphatic imine (C=N–C) groups is 1. The van der Waals surface area contributed by atoms with Crippen molar-refractivity contribution in [3.05, 3.63) is 60.2 Å². The highest BCUT2D eigenvalue weighted by Crippen LogP contribution is 2.17. The molecule has 0 bridgehead atoms. The zero-order chi connectivity index (χ0) is 13.8. The molecule has 1 N–H and O–H groups in total. The molecule has 0 spiro atoms. The Hall–Kier alpha value is -2.43. The molecule has 2 heterocycles. The molecule has 20 heavy (non-hydrogen) atoms. The minimum absolute atomic E-state index is 0.134. The first-order valence-corrected chi connectivity index (χ1v) is 6.39. The van der Waals surface area contributed by atoms with Crippen molar-refractivity contribution < 1.29 is 9.13 Å². The molecule has 0 saturated carbocycles. The minimum atomic E-state index is -0.308. The molecule has 1 aromatic heterocycles. The maximum absolute atomic E-state index is 13.0. The van der Waals surface area contributed by atoms with Gasteiger partial charge in [-0.1, -0.05) is 12.1 Å². The van der Waals surface area contributed by atoms with Crippen molar-refractivity contribution >= 4 is 5.84 Å². The van der Waals surface area contributed by atoms with Gasteiger partial charge in [0.1, 0.15) is 24.0 Å². The van der Waals surface area contributed by atoms with Crippen LogP contribution in [0.4, 0.5) is 4.39 Å². The molecular formula is C15H14FN3O. The number of hydrogen-bond acceptors (Lipinski definition) is 4. The van der Waals surface area contributed by atoms with Crippen molar-refractivity contribution in [2.75, 3.05) is 13.2 Å². The van der Waals surface area contributed by atoms with Crippen LogP contribution in [0.2, 0.25) is 0 Å². The molecule has 0 fully saturated rings. The molecule has 0 aliphatic carbocycles. The molecule has 0 saturated heterocycles. The van der Waals surface area contributed by atoms with E-state index in [1.807, 2.05) is 18.3 Å².